The molecule has 0 spiro atoms. The van der Waals surface area contributed by atoms with Crippen LogP contribution in [0.2, 0.25) is 0 Å². The van der Waals surface area contributed by atoms with Gasteiger partial charge in [0.25, 0.3) is 0 Å². The van der Waals surface area contributed by atoms with Crippen LogP contribution in [0.3, 0.4) is 0 Å². The molecule has 2 N–H and O–H groups in total. The van der Waals surface area contributed by atoms with Crippen molar-refractivity contribution in [3.8, 4) is 0 Å². The number of hydrogen-bond donors (Lipinski definition) is 2. The van der Waals surface area contributed by atoms with E-state index in [2.05, 4.69) is 21.2 Å². The van der Waals surface area contributed by atoms with Crippen molar-refractivity contribution < 1.29 is 9.90 Å². The Hall–Kier alpha value is -1.13. The van der Waals surface area contributed by atoms with Gasteiger partial charge in [-0.1, -0.05) is 28.1 Å². The van der Waals surface area contributed by atoms with Crippen molar-refractivity contribution in [1.82, 2.24) is 5.32 Å². The fourth-order valence-corrected chi connectivity index (χ4v) is 3.10. The summed E-state index contributed by atoms with van der Waals surface area (Å²) in [7, 11) is 0. The van der Waals surface area contributed by atoms with Crippen LogP contribution in [0.5, 0.6) is 0 Å². The highest BCUT2D eigenvalue weighted by Crippen LogP contribution is 2.24. The molecule has 0 aromatic heterocycles. The van der Waals surface area contributed by atoms with E-state index in [4.69, 9.17) is 0 Å². The zero-order valence-corrected chi connectivity index (χ0v) is 13.2. The largest absolute Gasteiger partial charge is 0.393 e. The first-order valence-electron chi connectivity index (χ1n) is 6.94. The Morgan fingerprint density at radius 2 is 2.30 bits per heavy atom. The van der Waals surface area contributed by atoms with Crippen molar-refractivity contribution in [2.75, 3.05) is 6.54 Å². The van der Waals surface area contributed by atoms with Crippen LogP contribution >= 0.6 is 15.9 Å². The maximum Gasteiger partial charge on any atom is 0.244 e. The second-order valence-corrected chi connectivity index (χ2v) is 6.29. The predicted octanol–water partition coefficient (Wildman–Crippen LogP) is 3.05. The van der Waals surface area contributed by atoms with Gasteiger partial charge in [0.05, 0.1) is 6.10 Å². The van der Waals surface area contributed by atoms with Gasteiger partial charge in [-0.3, -0.25) is 4.79 Å². The second-order valence-electron chi connectivity index (χ2n) is 5.44. The quantitative estimate of drug-likeness (QED) is 0.829. The van der Waals surface area contributed by atoms with E-state index in [0.29, 0.717) is 12.5 Å². The molecule has 2 atom stereocenters. The summed E-state index contributed by atoms with van der Waals surface area (Å²) in [6.45, 7) is 2.68. The van der Waals surface area contributed by atoms with Crippen molar-refractivity contribution in [1.29, 1.82) is 0 Å². The zero-order chi connectivity index (χ0) is 14.5. The van der Waals surface area contributed by atoms with Gasteiger partial charge in [-0.05, 0) is 55.4 Å². The van der Waals surface area contributed by atoms with Gasteiger partial charge in [-0.15, -0.1) is 0 Å². The molecule has 108 valence electrons. The molecule has 0 saturated heterocycles. The summed E-state index contributed by atoms with van der Waals surface area (Å²) < 4.78 is 0.987. The summed E-state index contributed by atoms with van der Waals surface area (Å²) in [4.78, 5) is 11.8. The van der Waals surface area contributed by atoms with Crippen LogP contribution in [0, 0.1) is 12.8 Å². The number of carbonyl (C=O) groups excluding carboxylic acids is 1. The molecular formula is C16H20BrNO2. The van der Waals surface area contributed by atoms with Gasteiger partial charge in [0.15, 0.2) is 0 Å². The van der Waals surface area contributed by atoms with E-state index >= 15 is 0 Å². The first kappa shape index (κ1) is 15.3. The lowest BCUT2D eigenvalue weighted by Crippen LogP contribution is -2.26. The van der Waals surface area contributed by atoms with Gasteiger partial charge in [0.2, 0.25) is 5.91 Å². The number of aryl methyl sites for hydroxylation is 1. The molecule has 1 fully saturated rings. The first-order chi connectivity index (χ1) is 9.54. The summed E-state index contributed by atoms with van der Waals surface area (Å²) in [5, 5.41) is 12.3. The fraction of sp³-hybridized carbons (Fsp3) is 0.438. The minimum Gasteiger partial charge on any atom is -0.393 e. The van der Waals surface area contributed by atoms with E-state index in [1.807, 2.05) is 31.2 Å². The summed E-state index contributed by atoms with van der Waals surface area (Å²) in [6, 6.07) is 6.02. The van der Waals surface area contributed by atoms with Crippen LogP contribution in [0.1, 0.15) is 30.4 Å². The molecule has 1 amide bonds. The van der Waals surface area contributed by atoms with Crippen molar-refractivity contribution in [3.05, 3.63) is 39.9 Å². The predicted molar refractivity (Wildman–Crippen MR) is 84.3 cm³/mol. The number of hydrogen-bond acceptors (Lipinski definition) is 2. The average Bonchev–Trinajstić information content (AvgIpc) is 2.81. The van der Waals surface area contributed by atoms with Crippen LogP contribution in [0.15, 0.2) is 28.7 Å². The highest BCUT2D eigenvalue weighted by molar-refractivity contribution is 9.10. The summed E-state index contributed by atoms with van der Waals surface area (Å²) in [5.41, 5.74) is 2.17. The molecule has 1 aliphatic carbocycles. The fourth-order valence-electron chi connectivity index (χ4n) is 2.47. The van der Waals surface area contributed by atoms with E-state index < -0.39 is 0 Å². The SMILES string of the molecule is Cc1ccc(/C=C/C(=O)NCC2CCC(O)C2)c(Br)c1. The normalized spacial score (nSPS) is 22.4. The van der Waals surface area contributed by atoms with E-state index in [1.54, 1.807) is 6.08 Å². The molecule has 1 saturated carbocycles. The molecular weight excluding hydrogens is 318 g/mol. The van der Waals surface area contributed by atoms with E-state index in [9.17, 15) is 9.90 Å². The van der Waals surface area contributed by atoms with E-state index in [0.717, 1.165) is 29.3 Å². The number of aliphatic hydroxyl groups is 1. The monoisotopic (exact) mass is 337 g/mol. The Morgan fingerprint density at radius 1 is 1.50 bits per heavy atom. The topological polar surface area (TPSA) is 49.3 Å². The molecule has 1 aliphatic rings. The maximum atomic E-state index is 11.8. The van der Waals surface area contributed by atoms with Crippen LogP contribution in [0.4, 0.5) is 0 Å². The molecule has 1 aromatic rings. The lowest BCUT2D eigenvalue weighted by Gasteiger charge is -2.09. The molecule has 0 aliphatic heterocycles. The highest BCUT2D eigenvalue weighted by atomic mass is 79.9. The molecule has 3 nitrogen and oxygen atoms in total. The van der Waals surface area contributed by atoms with Gasteiger partial charge in [-0.25, -0.2) is 0 Å². The molecule has 0 radical (unpaired) electrons. The minimum absolute atomic E-state index is 0.0844. The Bertz CT molecular complexity index is 513. The number of amides is 1. The Balaban J connectivity index is 1.83. The van der Waals surface area contributed by atoms with Gasteiger partial charge in [0, 0.05) is 17.1 Å². The number of halogens is 1. The smallest absolute Gasteiger partial charge is 0.244 e. The van der Waals surface area contributed by atoms with Gasteiger partial charge >= 0.3 is 0 Å². The third-order valence-electron chi connectivity index (χ3n) is 3.65. The molecule has 1 aromatic carbocycles. The van der Waals surface area contributed by atoms with Crippen LogP contribution in [0.25, 0.3) is 6.08 Å². The van der Waals surface area contributed by atoms with Crippen LogP contribution in [-0.2, 0) is 4.79 Å². The van der Waals surface area contributed by atoms with E-state index in [-0.39, 0.29) is 12.0 Å². The second kappa shape index (κ2) is 7.04. The summed E-state index contributed by atoms with van der Waals surface area (Å²) in [6.07, 6.45) is 5.83. The van der Waals surface area contributed by atoms with Crippen molar-refractivity contribution in [2.24, 2.45) is 5.92 Å². The Labute approximate surface area is 128 Å². The highest BCUT2D eigenvalue weighted by Gasteiger charge is 2.22. The average molecular weight is 338 g/mol. The Morgan fingerprint density at radius 3 is 2.95 bits per heavy atom. The number of carbonyl (C=O) groups is 1. The number of aliphatic hydroxyl groups excluding tert-OH is 1. The van der Waals surface area contributed by atoms with Crippen molar-refractivity contribution in [2.45, 2.75) is 32.3 Å². The molecule has 2 unspecified atom stereocenters. The molecule has 20 heavy (non-hydrogen) atoms. The third-order valence-corrected chi connectivity index (χ3v) is 4.34. The van der Waals surface area contributed by atoms with Crippen LogP contribution < -0.4 is 5.32 Å². The number of nitrogens with one attached hydrogen (secondary N) is 1. The first-order valence-corrected chi connectivity index (χ1v) is 7.74. The van der Waals surface area contributed by atoms with E-state index in [1.165, 1.54) is 5.56 Å². The maximum absolute atomic E-state index is 11.8. The lowest BCUT2D eigenvalue weighted by atomic mass is 10.1. The zero-order valence-electron chi connectivity index (χ0n) is 11.6. The molecule has 0 heterocycles. The Kier molecular flexibility index (Phi) is 5.38. The number of rotatable bonds is 4. The van der Waals surface area contributed by atoms with Crippen molar-refractivity contribution >= 4 is 27.9 Å². The lowest BCUT2D eigenvalue weighted by molar-refractivity contribution is -0.116. The van der Waals surface area contributed by atoms with Gasteiger partial charge < -0.3 is 10.4 Å². The summed E-state index contributed by atoms with van der Waals surface area (Å²) in [5.74, 6) is 0.326. The molecule has 2 rings (SSSR count). The third kappa shape index (κ3) is 4.46. The van der Waals surface area contributed by atoms with Crippen LogP contribution in [-0.4, -0.2) is 23.7 Å². The number of benzene rings is 1. The molecule has 4 heteroatoms. The van der Waals surface area contributed by atoms with Gasteiger partial charge in [-0.2, -0.15) is 0 Å². The molecule has 0 bridgehead atoms. The minimum atomic E-state index is -0.184. The van der Waals surface area contributed by atoms with Gasteiger partial charge in [0.1, 0.15) is 0 Å². The van der Waals surface area contributed by atoms with Crippen molar-refractivity contribution in [3.63, 3.8) is 0 Å². The summed E-state index contributed by atoms with van der Waals surface area (Å²) >= 11 is 3.49. The standard InChI is InChI=1S/C16H20BrNO2/c1-11-2-4-13(15(17)8-11)5-7-16(20)18-10-12-3-6-14(19)9-12/h2,4-5,7-8,12,14,19H,3,6,9-10H2,1H3,(H,18,20)/b7-5+.